The fourth-order valence-electron chi connectivity index (χ4n) is 6.02. The number of hydrogen-bond acceptors (Lipinski definition) is 6. The number of benzene rings is 1. The molecule has 180 valence electrons. The first-order valence-corrected chi connectivity index (χ1v) is 12.8. The Morgan fingerprint density at radius 3 is 2.59 bits per heavy atom. The third kappa shape index (κ3) is 2.89. The number of carbonyl (C=O) groups is 4. The molecule has 2 aliphatic carbocycles. The lowest BCUT2D eigenvalue weighted by Gasteiger charge is -2.50. The maximum Gasteiger partial charge on any atom is 0.254 e. The molecule has 2 N–H and O–H groups in total. The van der Waals surface area contributed by atoms with Crippen LogP contribution in [0.5, 0.6) is 11.5 Å². The zero-order chi connectivity index (χ0) is 24.6. The number of halogens is 3. The van der Waals surface area contributed by atoms with Gasteiger partial charge in [-0.2, -0.15) is 0 Å². The predicted octanol–water partition coefficient (Wildman–Crippen LogP) is 2.79. The molecule has 1 aromatic rings. The van der Waals surface area contributed by atoms with E-state index in [1.807, 2.05) is 6.08 Å². The fraction of sp³-hybridized carbons (Fsp3) is 0.478. The van der Waals surface area contributed by atoms with Crippen molar-refractivity contribution in [1.29, 1.82) is 0 Å². The number of likely N-dealkylation sites (tertiary alicyclic amines) is 1. The molecule has 2 aliphatic heterocycles. The number of alkyl halides is 3. The number of fused-ring (bicyclic) bond motifs is 4. The number of nitrogens with zero attached hydrogens (tertiary/aromatic N) is 1. The number of aromatic hydroxyl groups is 1. The van der Waals surface area contributed by atoms with E-state index in [1.54, 1.807) is 19.1 Å². The van der Waals surface area contributed by atoms with Gasteiger partial charge in [0.25, 0.3) is 11.8 Å². The van der Waals surface area contributed by atoms with Gasteiger partial charge >= 0.3 is 0 Å². The van der Waals surface area contributed by atoms with Crippen LogP contribution in [0, 0.1) is 17.8 Å². The Labute approximate surface area is 213 Å². The van der Waals surface area contributed by atoms with E-state index in [1.165, 1.54) is 6.07 Å². The highest BCUT2D eigenvalue weighted by molar-refractivity contribution is 9.09. The van der Waals surface area contributed by atoms with Gasteiger partial charge in [-0.15, -0.1) is 23.2 Å². The number of phenolic OH excluding ortho intramolecular Hbond substituents is 1. The minimum atomic E-state index is -1.88. The Morgan fingerprint density at radius 1 is 1.18 bits per heavy atom. The number of carbonyl (C=O) groups excluding carboxylic acids is 4. The molecule has 0 unspecified atom stereocenters. The quantitative estimate of drug-likeness (QED) is 0.249. The van der Waals surface area contributed by atoms with Gasteiger partial charge in [0.1, 0.15) is 0 Å². The lowest BCUT2D eigenvalue weighted by atomic mass is 9.56. The molecule has 8 nitrogen and oxygen atoms in total. The van der Waals surface area contributed by atoms with E-state index in [9.17, 15) is 24.3 Å². The summed E-state index contributed by atoms with van der Waals surface area (Å²) < 4.78 is 5.54. The Kier molecular flexibility index (Phi) is 5.53. The molecule has 3 fully saturated rings. The summed E-state index contributed by atoms with van der Waals surface area (Å²) in [5.74, 6) is -4.70. The van der Waals surface area contributed by atoms with E-state index in [0.29, 0.717) is 24.2 Å². The topological polar surface area (TPSA) is 113 Å². The summed E-state index contributed by atoms with van der Waals surface area (Å²) in [5.41, 5.74) is 1.11. The number of ether oxygens (including phenoxy) is 1. The van der Waals surface area contributed by atoms with Crippen LogP contribution in [0.4, 0.5) is 0 Å². The first-order valence-electron chi connectivity index (χ1n) is 10.9. The molecule has 0 spiro atoms. The smallest absolute Gasteiger partial charge is 0.254 e. The van der Waals surface area contributed by atoms with Crippen molar-refractivity contribution in [2.45, 2.75) is 35.4 Å². The normalized spacial score (nSPS) is 36.6. The number of imide groups is 2. The van der Waals surface area contributed by atoms with Crippen molar-refractivity contribution in [1.82, 2.24) is 10.2 Å². The minimum absolute atomic E-state index is 0.0628. The molecule has 34 heavy (non-hydrogen) atoms. The van der Waals surface area contributed by atoms with Gasteiger partial charge in [0, 0.05) is 5.92 Å². The van der Waals surface area contributed by atoms with Crippen LogP contribution >= 0.6 is 39.1 Å². The Hall–Kier alpha value is -2.10. The van der Waals surface area contributed by atoms with Crippen LogP contribution in [0.15, 0.2) is 29.8 Å². The van der Waals surface area contributed by atoms with Crippen LogP contribution in [0.1, 0.15) is 31.2 Å². The van der Waals surface area contributed by atoms with Gasteiger partial charge in [-0.3, -0.25) is 29.4 Å². The van der Waals surface area contributed by atoms with Crippen LogP contribution in [0.25, 0.3) is 0 Å². The molecule has 1 aromatic carbocycles. The third-order valence-electron chi connectivity index (χ3n) is 7.47. The van der Waals surface area contributed by atoms with E-state index in [-0.39, 0.29) is 29.3 Å². The van der Waals surface area contributed by atoms with Crippen molar-refractivity contribution >= 4 is 62.8 Å². The van der Waals surface area contributed by atoms with E-state index in [4.69, 9.17) is 27.9 Å². The van der Waals surface area contributed by atoms with E-state index in [0.717, 1.165) is 4.90 Å². The van der Waals surface area contributed by atoms with Crippen LogP contribution < -0.4 is 10.1 Å². The average Bonchev–Trinajstić information content (AvgIpc) is 3.17. The highest BCUT2D eigenvalue weighted by atomic mass is 79.9. The van der Waals surface area contributed by atoms with Crippen molar-refractivity contribution in [3.63, 3.8) is 0 Å². The van der Waals surface area contributed by atoms with Gasteiger partial charge in [-0.1, -0.05) is 33.6 Å². The maximum absolute atomic E-state index is 13.6. The van der Waals surface area contributed by atoms with E-state index < -0.39 is 51.1 Å². The summed E-state index contributed by atoms with van der Waals surface area (Å²) in [5, 5.41) is 12.6. The second-order valence-electron chi connectivity index (χ2n) is 9.00. The minimum Gasteiger partial charge on any atom is -0.504 e. The number of allylic oxidation sites excluding steroid dienone is 2. The van der Waals surface area contributed by atoms with Gasteiger partial charge in [0.2, 0.25) is 11.8 Å². The molecule has 0 aromatic heterocycles. The van der Waals surface area contributed by atoms with Gasteiger partial charge < -0.3 is 9.84 Å². The molecular formula is C23H21BrCl2N2O6. The fourth-order valence-corrected chi connectivity index (χ4v) is 7.44. The molecule has 4 aliphatic rings. The standard InChI is InChI=1S/C23H21BrCl2N2O6/c1-2-34-15-7-10(3-6-14(15)29)17-11-4-5-12-16(19(31)27-18(12)30)13(11)8-22(25)20(32)28(9-24)21(33)23(17,22)26/h3-4,6-7,12-13,16-17,29H,2,5,8-9H2,1H3,(H,27,30,31)/t12-,13+,16-,17-,22+,23-/m0/s1. The molecule has 2 heterocycles. The number of amides is 4. The summed E-state index contributed by atoms with van der Waals surface area (Å²) in [7, 11) is 0. The number of hydrogen-bond donors (Lipinski definition) is 2. The summed E-state index contributed by atoms with van der Waals surface area (Å²) in [6.07, 6.45) is 2.08. The van der Waals surface area contributed by atoms with Gasteiger partial charge in [-0.25, -0.2) is 0 Å². The molecule has 4 amide bonds. The third-order valence-corrected chi connectivity index (χ3v) is 9.39. The molecule has 2 saturated heterocycles. The van der Waals surface area contributed by atoms with Crippen molar-refractivity contribution in [2.24, 2.45) is 17.8 Å². The summed E-state index contributed by atoms with van der Waals surface area (Å²) >= 11 is 17.4. The zero-order valence-corrected chi connectivity index (χ0v) is 21.1. The zero-order valence-electron chi connectivity index (χ0n) is 18.0. The van der Waals surface area contributed by atoms with E-state index >= 15 is 0 Å². The molecule has 0 bridgehead atoms. The maximum atomic E-state index is 13.6. The van der Waals surface area contributed by atoms with Crippen LogP contribution in [0.3, 0.4) is 0 Å². The Morgan fingerprint density at radius 2 is 1.91 bits per heavy atom. The predicted molar refractivity (Wildman–Crippen MR) is 126 cm³/mol. The number of phenols is 1. The molecule has 0 radical (unpaired) electrons. The lowest BCUT2D eigenvalue weighted by molar-refractivity contribution is -0.138. The molecule has 1 saturated carbocycles. The molecular weight excluding hydrogens is 551 g/mol. The second kappa shape index (κ2) is 7.96. The summed E-state index contributed by atoms with van der Waals surface area (Å²) in [6, 6.07) is 4.62. The molecule has 5 rings (SSSR count). The van der Waals surface area contributed by atoms with Crippen LogP contribution in [0.2, 0.25) is 0 Å². The molecule has 11 heteroatoms. The largest absolute Gasteiger partial charge is 0.504 e. The Bertz CT molecular complexity index is 1170. The summed E-state index contributed by atoms with van der Waals surface area (Å²) in [6.45, 7) is 2.06. The average molecular weight is 572 g/mol. The SMILES string of the molecule is CCOc1cc([C@H]2C3=CC[C@@H]4C(=O)NC(=O)[C@@H]4[C@@H]3C[C@@]3(Cl)C(=O)N(CBr)C(=O)[C@@]23Cl)ccc1O. The van der Waals surface area contributed by atoms with Gasteiger partial charge in [-0.05, 0) is 43.4 Å². The van der Waals surface area contributed by atoms with Crippen molar-refractivity contribution < 1.29 is 29.0 Å². The van der Waals surface area contributed by atoms with Crippen LogP contribution in [-0.2, 0) is 19.2 Å². The van der Waals surface area contributed by atoms with E-state index in [2.05, 4.69) is 21.2 Å². The number of nitrogens with one attached hydrogen (secondary N) is 1. The first kappa shape index (κ1) is 23.6. The van der Waals surface area contributed by atoms with Crippen molar-refractivity contribution in [3.05, 3.63) is 35.4 Å². The highest BCUT2D eigenvalue weighted by Crippen LogP contribution is 2.65. The Balaban J connectivity index is 1.75. The molecule has 6 atom stereocenters. The summed E-state index contributed by atoms with van der Waals surface area (Å²) in [4.78, 5) is 49.5. The van der Waals surface area contributed by atoms with Crippen molar-refractivity contribution in [3.8, 4) is 11.5 Å². The van der Waals surface area contributed by atoms with Crippen LogP contribution in [-0.4, -0.2) is 55.4 Å². The highest BCUT2D eigenvalue weighted by Gasteiger charge is 2.76. The van der Waals surface area contributed by atoms with Gasteiger partial charge in [0.15, 0.2) is 21.2 Å². The van der Waals surface area contributed by atoms with Gasteiger partial charge in [0.05, 0.1) is 23.9 Å². The number of rotatable bonds is 4. The first-order chi connectivity index (χ1) is 16.1. The van der Waals surface area contributed by atoms with Crippen molar-refractivity contribution in [2.75, 3.05) is 12.1 Å². The lowest BCUT2D eigenvalue weighted by Crippen LogP contribution is -2.60. The second-order valence-corrected chi connectivity index (χ2v) is 10.7. The monoisotopic (exact) mass is 570 g/mol.